The van der Waals surface area contributed by atoms with Gasteiger partial charge in [0.25, 0.3) is 12.3 Å². The first-order valence-electron chi connectivity index (χ1n) is 5.07. The Labute approximate surface area is 113 Å². The van der Waals surface area contributed by atoms with Gasteiger partial charge >= 0.3 is 0 Å². The standard InChI is InChI=1S/C11H11Cl2F2NO2/c12-3-4-16(6-10(14)15)11(18)8-5-7(17)1-2-9(8)13/h1-2,5,10,17H,3-4,6H2. The van der Waals surface area contributed by atoms with Crippen LogP contribution < -0.4 is 0 Å². The second kappa shape index (κ2) is 6.75. The van der Waals surface area contributed by atoms with Crippen molar-refractivity contribution in [3.63, 3.8) is 0 Å². The first kappa shape index (κ1) is 15.0. The molecule has 0 heterocycles. The molecule has 0 bridgehead atoms. The SMILES string of the molecule is O=C(c1cc(O)ccc1Cl)N(CCCl)CC(F)F. The molecule has 1 aromatic rings. The molecule has 0 aliphatic heterocycles. The molecule has 18 heavy (non-hydrogen) atoms. The Bertz CT molecular complexity index is 430. The molecular weight excluding hydrogens is 287 g/mol. The van der Waals surface area contributed by atoms with Crippen molar-refractivity contribution in [3.8, 4) is 5.75 Å². The van der Waals surface area contributed by atoms with Crippen LogP contribution in [0, 0.1) is 0 Å². The molecule has 0 aliphatic carbocycles. The van der Waals surface area contributed by atoms with E-state index in [1.54, 1.807) is 0 Å². The number of aromatic hydroxyl groups is 1. The van der Waals surface area contributed by atoms with E-state index in [1.165, 1.54) is 12.1 Å². The van der Waals surface area contributed by atoms with E-state index in [4.69, 9.17) is 23.2 Å². The van der Waals surface area contributed by atoms with Crippen LogP contribution in [0.15, 0.2) is 18.2 Å². The lowest BCUT2D eigenvalue weighted by Gasteiger charge is -2.21. The summed E-state index contributed by atoms with van der Waals surface area (Å²) in [6, 6.07) is 3.76. The maximum absolute atomic E-state index is 12.3. The highest BCUT2D eigenvalue weighted by Gasteiger charge is 2.21. The van der Waals surface area contributed by atoms with Crippen molar-refractivity contribution in [2.75, 3.05) is 19.0 Å². The third-order valence-corrected chi connectivity index (χ3v) is 2.68. The van der Waals surface area contributed by atoms with Gasteiger partial charge < -0.3 is 10.0 Å². The van der Waals surface area contributed by atoms with Crippen LogP contribution in [0.25, 0.3) is 0 Å². The predicted octanol–water partition coefficient (Wildman–Crippen LogP) is 2.99. The molecule has 1 amide bonds. The molecule has 1 aromatic carbocycles. The average molecular weight is 298 g/mol. The Morgan fingerprint density at radius 3 is 2.67 bits per heavy atom. The number of hydrogen-bond donors (Lipinski definition) is 1. The largest absolute Gasteiger partial charge is 0.508 e. The molecule has 3 nitrogen and oxygen atoms in total. The van der Waals surface area contributed by atoms with Crippen molar-refractivity contribution in [1.82, 2.24) is 4.90 Å². The summed E-state index contributed by atoms with van der Waals surface area (Å²) in [5, 5.41) is 9.37. The number of phenols is 1. The van der Waals surface area contributed by atoms with E-state index in [9.17, 15) is 18.7 Å². The normalized spacial score (nSPS) is 10.7. The zero-order valence-electron chi connectivity index (χ0n) is 9.25. The number of carbonyl (C=O) groups excluding carboxylic acids is 1. The molecule has 0 radical (unpaired) electrons. The van der Waals surface area contributed by atoms with E-state index in [1.807, 2.05) is 0 Å². The summed E-state index contributed by atoms with van der Waals surface area (Å²) in [5.74, 6) is -0.808. The predicted molar refractivity (Wildman–Crippen MR) is 65.7 cm³/mol. The lowest BCUT2D eigenvalue weighted by Crippen LogP contribution is -2.36. The third-order valence-electron chi connectivity index (χ3n) is 2.18. The van der Waals surface area contributed by atoms with E-state index in [-0.39, 0.29) is 28.8 Å². The van der Waals surface area contributed by atoms with Gasteiger partial charge in [0.2, 0.25) is 0 Å². The van der Waals surface area contributed by atoms with Crippen molar-refractivity contribution in [2.45, 2.75) is 6.43 Å². The number of nitrogens with zero attached hydrogens (tertiary/aromatic N) is 1. The Balaban J connectivity index is 2.97. The van der Waals surface area contributed by atoms with Crippen LogP contribution in [-0.4, -0.2) is 41.3 Å². The van der Waals surface area contributed by atoms with Gasteiger partial charge in [0.05, 0.1) is 17.1 Å². The molecule has 0 saturated heterocycles. The van der Waals surface area contributed by atoms with E-state index >= 15 is 0 Å². The molecule has 0 aromatic heterocycles. The van der Waals surface area contributed by atoms with Crippen LogP contribution in [0.4, 0.5) is 8.78 Å². The summed E-state index contributed by atoms with van der Waals surface area (Å²) in [5.41, 5.74) is -0.0255. The minimum Gasteiger partial charge on any atom is -0.508 e. The van der Waals surface area contributed by atoms with E-state index in [0.29, 0.717) is 0 Å². The minimum atomic E-state index is -2.66. The summed E-state index contributed by atoms with van der Waals surface area (Å²) in [4.78, 5) is 12.9. The quantitative estimate of drug-likeness (QED) is 0.849. The Hall–Kier alpha value is -1.07. The van der Waals surface area contributed by atoms with Crippen molar-refractivity contribution >= 4 is 29.1 Å². The second-order valence-corrected chi connectivity index (χ2v) is 4.28. The fourth-order valence-electron chi connectivity index (χ4n) is 1.39. The first-order chi connectivity index (χ1) is 8.45. The van der Waals surface area contributed by atoms with Gasteiger partial charge in [-0.3, -0.25) is 4.79 Å². The highest BCUT2D eigenvalue weighted by molar-refractivity contribution is 6.33. The van der Waals surface area contributed by atoms with Crippen LogP contribution in [-0.2, 0) is 0 Å². The van der Waals surface area contributed by atoms with Gasteiger partial charge in [0.1, 0.15) is 5.75 Å². The van der Waals surface area contributed by atoms with Crippen LogP contribution in [0.3, 0.4) is 0 Å². The fraction of sp³-hybridized carbons (Fsp3) is 0.364. The smallest absolute Gasteiger partial charge is 0.255 e. The van der Waals surface area contributed by atoms with Gasteiger partial charge in [-0.15, -0.1) is 11.6 Å². The highest BCUT2D eigenvalue weighted by atomic mass is 35.5. The van der Waals surface area contributed by atoms with Gasteiger partial charge in [0, 0.05) is 12.4 Å². The van der Waals surface area contributed by atoms with Crippen LogP contribution in [0.1, 0.15) is 10.4 Å². The monoisotopic (exact) mass is 297 g/mol. The van der Waals surface area contributed by atoms with Crippen molar-refractivity contribution < 1.29 is 18.7 Å². The molecule has 100 valence electrons. The van der Waals surface area contributed by atoms with Gasteiger partial charge in [0.15, 0.2) is 0 Å². The number of carbonyl (C=O) groups is 1. The number of hydrogen-bond acceptors (Lipinski definition) is 2. The van der Waals surface area contributed by atoms with E-state index < -0.39 is 18.9 Å². The van der Waals surface area contributed by atoms with Gasteiger partial charge in [-0.2, -0.15) is 0 Å². The van der Waals surface area contributed by atoms with Crippen molar-refractivity contribution in [2.24, 2.45) is 0 Å². The van der Waals surface area contributed by atoms with Crippen molar-refractivity contribution in [3.05, 3.63) is 28.8 Å². The maximum atomic E-state index is 12.3. The molecule has 0 spiro atoms. The molecule has 1 rings (SSSR count). The summed E-state index contributed by atoms with van der Waals surface area (Å²) >= 11 is 11.3. The number of amides is 1. The van der Waals surface area contributed by atoms with E-state index in [2.05, 4.69) is 0 Å². The minimum absolute atomic E-state index is 0.0171. The topological polar surface area (TPSA) is 40.5 Å². The van der Waals surface area contributed by atoms with Crippen LogP contribution >= 0.6 is 23.2 Å². The average Bonchev–Trinajstić information content (AvgIpc) is 2.30. The molecule has 0 atom stereocenters. The molecule has 0 saturated carbocycles. The molecule has 1 N–H and O–H groups in total. The first-order valence-corrected chi connectivity index (χ1v) is 5.99. The second-order valence-electron chi connectivity index (χ2n) is 3.50. The number of halogens is 4. The number of phenolic OH excluding ortho intramolecular Hbond substituents is 1. The van der Waals surface area contributed by atoms with Gasteiger partial charge in [-0.25, -0.2) is 8.78 Å². The zero-order chi connectivity index (χ0) is 13.7. The fourth-order valence-corrected chi connectivity index (χ4v) is 1.79. The Kier molecular flexibility index (Phi) is 5.62. The molecule has 0 fully saturated rings. The van der Waals surface area contributed by atoms with Crippen molar-refractivity contribution in [1.29, 1.82) is 0 Å². The summed E-state index contributed by atoms with van der Waals surface area (Å²) in [6.45, 7) is -0.742. The van der Waals surface area contributed by atoms with Gasteiger partial charge in [-0.1, -0.05) is 11.6 Å². The molecular formula is C11H11Cl2F2NO2. The summed E-state index contributed by atoms with van der Waals surface area (Å²) < 4.78 is 24.7. The third kappa shape index (κ3) is 3.99. The molecule has 0 aliphatic rings. The lowest BCUT2D eigenvalue weighted by atomic mass is 10.2. The highest BCUT2D eigenvalue weighted by Crippen LogP contribution is 2.23. The maximum Gasteiger partial charge on any atom is 0.255 e. The van der Waals surface area contributed by atoms with Crippen LogP contribution in [0.5, 0.6) is 5.75 Å². The van der Waals surface area contributed by atoms with E-state index in [0.717, 1.165) is 11.0 Å². The summed E-state index contributed by atoms with van der Waals surface area (Å²) in [7, 11) is 0. The number of rotatable bonds is 5. The Morgan fingerprint density at radius 1 is 1.44 bits per heavy atom. The lowest BCUT2D eigenvalue weighted by molar-refractivity contribution is 0.0571. The number of alkyl halides is 3. The summed E-state index contributed by atoms with van der Waals surface area (Å²) in [6.07, 6.45) is -2.66. The molecule has 7 heteroatoms. The Morgan fingerprint density at radius 2 is 2.11 bits per heavy atom. The van der Waals surface area contributed by atoms with Crippen LogP contribution in [0.2, 0.25) is 5.02 Å². The number of benzene rings is 1. The molecule has 0 unspecified atom stereocenters. The van der Waals surface area contributed by atoms with Gasteiger partial charge in [-0.05, 0) is 18.2 Å². The zero-order valence-corrected chi connectivity index (χ0v) is 10.8.